The monoisotopic (exact) mass is 342 g/mol. The lowest BCUT2D eigenvalue weighted by molar-refractivity contribution is 0.615. The lowest BCUT2D eigenvalue weighted by atomic mass is 10.1. The molecule has 3 aromatic rings. The first kappa shape index (κ1) is 15.4. The number of hydrogen-bond acceptors (Lipinski definition) is 6. The number of fused-ring (bicyclic) bond motifs is 1. The van der Waals surface area contributed by atoms with Gasteiger partial charge in [0.15, 0.2) is 11.6 Å². The Morgan fingerprint density at radius 1 is 1.17 bits per heavy atom. The molecule has 3 heterocycles. The molecule has 0 bridgehead atoms. The summed E-state index contributed by atoms with van der Waals surface area (Å²) in [6, 6.07) is 4.49. The van der Waals surface area contributed by atoms with Gasteiger partial charge in [0.2, 0.25) is 5.95 Å². The Morgan fingerprint density at radius 2 is 2.00 bits per heavy atom. The van der Waals surface area contributed by atoms with E-state index in [0.29, 0.717) is 12.0 Å². The van der Waals surface area contributed by atoms with Crippen molar-refractivity contribution >= 4 is 39.1 Å². The summed E-state index contributed by atoms with van der Waals surface area (Å²) in [5.41, 5.74) is 1.99. The molecule has 0 radical (unpaired) electrons. The zero-order valence-electron chi connectivity index (χ0n) is 13.8. The highest BCUT2D eigenvalue weighted by Gasteiger charge is 2.16. The van der Waals surface area contributed by atoms with E-state index in [9.17, 15) is 0 Å². The normalized spacial score (nSPS) is 16.2. The number of aryl methyl sites for hydroxylation is 1. The predicted octanol–water partition coefficient (Wildman–Crippen LogP) is 4.60. The Labute approximate surface area is 145 Å². The van der Waals surface area contributed by atoms with Crippen LogP contribution >= 0.6 is 11.3 Å². The molecule has 7 heteroatoms. The SMILES string of the molecule is Cc1cc(Nc2nc(NC3CCCCCC3)nc3ccsc23)n[nH]1. The molecular weight excluding hydrogens is 320 g/mol. The summed E-state index contributed by atoms with van der Waals surface area (Å²) in [6.45, 7) is 1.98. The fraction of sp³-hybridized carbons (Fsp3) is 0.471. The van der Waals surface area contributed by atoms with Gasteiger partial charge < -0.3 is 10.6 Å². The maximum atomic E-state index is 4.73. The van der Waals surface area contributed by atoms with Crippen LogP contribution in [0.3, 0.4) is 0 Å². The van der Waals surface area contributed by atoms with E-state index in [4.69, 9.17) is 4.98 Å². The lowest BCUT2D eigenvalue weighted by Crippen LogP contribution is -2.20. The minimum Gasteiger partial charge on any atom is -0.351 e. The molecule has 1 fully saturated rings. The van der Waals surface area contributed by atoms with Gasteiger partial charge in [0.1, 0.15) is 0 Å². The highest BCUT2D eigenvalue weighted by molar-refractivity contribution is 7.17. The van der Waals surface area contributed by atoms with Crippen LogP contribution in [0.5, 0.6) is 0 Å². The summed E-state index contributed by atoms with van der Waals surface area (Å²) < 4.78 is 1.06. The first-order valence-corrected chi connectivity index (χ1v) is 9.47. The van der Waals surface area contributed by atoms with Crippen molar-refractivity contribution in [1.82, 2.24) is 20.2 Å². The molecule has 24 heavy (non-hydrogen) atoms. The van der Waals surface area contributed by atoms with Crippen LogP contribution in [-0.4, -0.2) is 26.2 Å². The standard InChI is InChI=1S/C17H22N6S/c1-11-10-14(23-22-11)20-16-15-13(8-9-24-15)19-17(21-16)18-12-6-4-2-3-5-7-12/h8-10,12H,2-7H2,1H3,(H3,18,19,20,21,22,23). The lowest BCUT2D eigenvalue weighted by Gasteiger charge is -2.16. The van der Waals surface area contributed by atoms with Crippen LogP contribution in [0.25, 0.3) is 10.2 Å². The van der Waals surface area contributed by atoms with Gasteiger partial charge in [-0.05, 0) is 31.2 Å². The zero-order valence-corrected chi connectivity index (χ0v) is 14.6. The third kappa shape index (κ3) is 3.36. The highest BCUT2D eigenvalue weighted by atomic mass is 32.1. The van der Waals surface area contributed by atoms with Gasteiger partial charge in [0, 0.05) is 17.8 Å². The minimum atomic E-state index is 0.476. The average molecular weight is 342 g/mol. The van der Waals surface area contributed by atoms with Gasteiger partial charge >= 0.3 is 0 Å². The molecule has 3 N–H and O–H groups in total. The molecule has 0 spiro atoms. The van der Waals surface area contributed by atoms with Crippen LogP contribution < -0.4 is 10.6 Å². The Kier molecular flexibility index (Phi) is 4.34. The van der Waals surface area contributed by atoms with Gasteiger partial charge in [0.05, 0.1) is 10.2 Å². The van der Waals surface area contributed by atoms with Gasteiger partial charge in [0.25, 0.3) is 0 Å². The number of aromatic amines is 1. The fourth-order valence-electron chi connectivity index (χ4n) is 3.22. The summed E-state index contributed by atoms with van der Waals surface area (Å²) in [5.74, 6) is 2.31. The number of H-pyrrole nitrogens is 1. The van der Waals surface area contributed by atoms with Gasteiger partial charge in [-0.1, -0.05) is 25.7 Å². The minimum absolute atomic E-state index is 0.476. The summed E-state index contributed by atoms with van der Waals surface area (Å²) in [4.78, 5) is 9.41. The molecule has 0 saturated heterocycles. The van der Waals surface area contributed by atoms with E-state index in [2.05, 4.69) is 31.2 Å². The van der Waals surface area contributed by atoms with Crippen molar-refractivity contribution in [2.24, 2.45) is 0 Å². The van der Waals surface area contributed by atoms with E-state index < -0.39 is 0 Å². The molecule has 0 aromatic carbocycles. The van der Waals surface area contributed by atoms with E-state index in [1.165, 1.54) is 38.5 Å². The maximum Gasteiger partial charge on any atom is 0.225 e. The second-order valence-electron chi connectivity index (χ2n) is 6.42. The summed E-state index contributed by atoms with van der Waals surface area (Å²) >= 11 is 1.64. The highest BCUT2D eigenvalue weighted by Crippen LogP contribution is 2.30. The molecule has 126 valence electrons. The van der Waals surface area contributed by atoms with Crippen LogP contribution in [0.15, 0.2) is 17.5 Å². The molecule has 4 rings (SSSR count). The average Bonchev–Trinajstić information content (AvgIpc) is 3.11. The Bertz CT molecular complexity index is 815. The third-order valence-corrected chi connectivity index (χ3v) is 5.35. The number of anilines is 3. The molecule has 1 aliphatic rings. The van der Waals surface area contributed by atoms with Gasteiger partial charge in [-0.25, -0.2) is 4.98 Å². The van der Waals surface area contributed by atoms with Crippen LogP contribution in [-0.2, 0) is 0 Å². The molecule has 0 unspecified atom stereocenters. The van der Waals surface area contributed by atoms with Crippen molar-refractivity contribution in [1.29, 1.82) is 0 Å². The zero-order chi connectivity index (χ0) is 16.4. The fourth-order valence-corrected chi connectivity index (χ4v) is 4.00. The van der Waals surface area contributed by atoms with E-state index in [-0.39, 0.29) is 0 Å². The molecule has 6 nitrogen and oxygen atoms in total. The number of nitrogens with one attached hydrogen (secondary N) is 3. The van der Waals surface area contributed by atoms with Crippen molar-refractivity contribution in [3.63, 3.8) is 0 Å². The number of aromatic nitrogens is 4. The van der Waals surface area contributed by atoms with Crippen molar-refractivity contribution in [3.8, 4) is 0 Å². The largest absolute Gasteiger partial charge is 0.351 e. The molecule has 3 aromatic heterocycles. The molecule has 0 amide bonds. The van der Waals surface area contributed by atoms with Gasteiger partial charge in [-0.15, -0.1) is 11.3 Å². The maximum absolute atomic E-state index is 4.73. The number of nitrogens with zero attached hydrogens (tertiary/aromatic N) is 3. The molecular formula is C17H22N6S. The second kappa shape index (κ2) is 6.76. The molecule has 0 aliphatic heterocycles. The van der Waals surface area contributed by atoms with E-state index in [1.54, 1.807) is 11.3 Å². The first-order chi connectivity index (χ1) is 11.8. The Morgan fingerprint density at radius 3 is 2.75 bits per heavy atom. The van der Waals surface area contributed by atoms with E-state index in [0.717, 1.165) is 27.5 Å². The van der Waals surface area contributed by atoms with Crippen LogP contribution in [0, 0.1) is 6.92 Å². The quantitative estimate of drug-likeness (QED) is 0.604. The summed E-state index contributed by atoms with van der Waals surface area (Å²) in [7, 11) is 0. The molecule has 1 saturated carbocycles. The van der Waals surface area contributed by atoms with E-state index in [1.807, 2.05) is 19.1 Å². The third-order valence-electron chi connectivity index (χ3n) is 4.44. The molecule has 0 atom stereocenters. The van der Waals surface area contributed by atoms with Crippen molar-refractivity contribution < 1.29 is 0 Å². The Hall–Kier alpha value is -2.15. The van der Waals surface area contributed by atoms with Crippen molar-refractivity contribution in [2.75, 3.05) is 10.6 Å². The number of thiophene rings is 1. The second-order valence-corrected chi connectivity index (χ2v) is 7.34. The topological polar surface area (TPSA) is 78.5 Å². The number of hydrogen-bond donors (Lipinski definition) is 3. The predicted molar refractivity (Wildman–Crippen MR) is 99.1 cm³/mol. The summed E-state index contributed by atoms with van der Waals surface area (Å²) in [5, 5.41) is 16.1. The van der Waals surface area contributed by atoms with Gasteiger partial charge in [-0.3, -0.25) is 5.10 Å². The molecule has 1 aliphatic carbocycles. The van der Waals surface area contributed by atoms with Crippen LogP contribution in [0.4, 0.5) is 17.6 Å². The van der Waals surface area contributed by atoms with Gasteiger partial charge in [-0.2, -0.15) is 10.1 Å². The first-order valence-electron chi connectivity index (χ1n) is 8.59. The smallest absolute Gasteiger partial charge is 0.225 e. The van der Waals surface area contributed by atoms with Crippen LogP contribution in [0.2, 0.25) is 0 Å². The van der Waals surface area contributed by atoms with Crippen LogP contribution in [0.1, 0.15) is 44.2 Å². The van der Waals surface area contributed by atoms with Crippen molar-refractivity contribution in [2.45, 2.75) is 51.5 Å². The number of rotatable bonds is 4. The Balaban J connectivity index is 1.61. The van der Waals surface area contributed by atoms with E-state index >= 15 is 0 Å². The summed E-state index contributed by atoms with van der Waals surface area (Å²) in [6.07, 6.45) is 7.66. The van der Waals surface area contributed by atoms with Crippen molar-refractivity contribution in [3.05, 3.63) is 23.2 Å².